The number of hydrogen-bond donors (Lipinski definition) is 0. The van der Waals surface area contributed by atoms with Crippen molar-refractivity contribution in [3.8, 4) is 5.75 Å². The smallest absolute Gasteiger partial charge is 0.359 e. The molecule has 0 unspecified atom stereocenters. The van der Waals surface area contributed by atoms with Crippen molar-refractivity contribution in [2.24, 2.45) is 0 Å². The van der Waals surface area contributed by atoms with Gasteiger partial charge in [0, 0.05) is 19.4 Å². The fourth-order valence-corrected chi connectivity index (χ4v) is 4.96. The predicted octanol–water partition coefficient (Wildman–Crippen LogP) is 5.08. The molecule has 6 nitrogen and oxygen atoms in total. The van der Waals surface area contributed by atoms with Gasteiger partial charge in [-0.1, -0.05) is 71.7 Å². The summed E-state index contributed by atoms with van der Waals surface area (Å²) < 4.78 is 5.71. The number of benzene rings is 3. The molecule has 1 saturated heterocycles. The lowest BCUT2D eigenvalue weighted by molar-refractivity contribution is -0.148. The number of amides is 2. The number of fused-ring (bicyclic) bond motifs is 3. The molecule has 5 rings (SSSR count). The molecule has 2 heterocycles. The van der Waals surface area contributed by atoms with E-state index < -0.39 is 11.6 Å². The van der Waals surface area contributed by atoms with E-state index in [4.69, 9.17) is 27.9 Å². The first-order chi connectivity index (χ1) is 15.9. The molecule has 0 radical (unpaired) electrons. The lowest BCUT2D eigenvalue weighted by atomic mass is 9.95. The molecular weight excluding hydrogens is 463 g/mol. The molecule has 0 saturated carbocycles. The molecule has 2 aliphatic rings. The first-order valence-corrected chi connectivity index (χ1v) is 11.1. The first-order valence-electron chi connectivity index (χ1n) is 10.4. The van der Waals surface area contributed by atoms with Crippen LogP contribution in [0.25, 0.3) is 0 Å². The van der Waals surface area contributed by atoms with Gasteiger partial charge in [-0.15, -0.1) is 0 Å². The van der Waals surface area contributed by atoms with Crippen LogP contribution < -0.4 is 9.64 Å². The number of carbonyl (C=O) groups is 3. The van der Waals surface area contributed by atoms with Crippen LogP contribution >= 0.6 is 23.2 Å². The number of ether oxygens (including phenoxy) is 1. The van der Waals surface area contributed by atoms with E-state index in [0.29, 0.717) is 11.3 Å². The van der Waals surface area contributed by atoms with Crippen LogP contribution in [0.15, 0.2) is 72.8 Å². The monoisotopic (exact) mass is 480 g/mol. The number of anilines is 1. The van der Waals surface area contributed by atoms with Gasteiger partial charge in [0.05, 0.1) is 21.3 Å². The van der Waals surface area contributed by atoms with E-state index in [9.17, 15) is 14.4 Å². The van der Waals surface area contributed by atoms with Gasteiger partial charge in [0.2, 0.25) is 11.6 Å². The van der Waals surface area contributed by atoms with Gasteiger partial charge in [0.1, 0.15) is 0 Å². The number of halogens is 2. The van der Waals surface area contributed by atoms with Crippen LogP contribution in [0.3, 0.4) is 0 Å². The van der Waals surface area contributed by atoms with E-state index in [2.05, 4.69) is 0 Å². The number of hydrogen-bond acceptors (Lipinski definition) is 4. The van der Waals surface area contributed by atoms with Crippen molar-refractivity contribution in [3.05, 3.63) is 94.0 Å². The van der Waals surface area contributed by atoms with Crippen molar-refractivity contribution in [2.45, 2.75) is 25.0 Å². The van der Waals surface area contributed by atoms with Gasteiger partial charge >= 0.3 is 5.97 Å². The highest BCUT2D eigenvalue weighted by Crippen LogP contribution is 2.46. The van der Waals surface area contributed by atoms with Gasteiger partial charge in [0.15, 0.2) is 5.75 Å². The van der Waals surface area contributed by atoms with Crippen LogP contribution in [0.5, 0.6) is 5.75 Å². The Kier molecular flexibility index (Phi) is 5.35. The second kappa shape index (κ2) is 8.21. The quantitative estimate of drug-likeness (QED) is 0.385. The van der Waals surface area contributed by atoms with Crippen LogP contribution in [0.4, 0.5) is 5.69 Å². The molecule has 0 aliphatic carbocycles. The molecule has 3 aromatic rings. The highest BCUT2D eigenvalue weighted by Gasteiger charge is 2.62. The first kappa shape index (κ1) is 21.5. The van der Waals surface area contributed by atoms with Crippen molar-refractivity contribution in [3.63, 3.8) is 0 Å². The largest absolute Gasteiger partial charge is 0.420 e. The Labute approximate surface area is 200 Å². The number of rotatable bonds is 4. The van der Waals surface area contributed by atoms with Gasteiger partial charge in [-0.05, 0) is 29.8 Å². The molecule has 2 aliphatic heterocycles. The van der Waals surface area contributed by atoms with Crippen LogP contribution in [-0.2, 0) is 16.1 Å². The number of carbonyl (C=O) groups excluding carboxylic acids is 3. The van der Waals surface area contributed by atoms with E-state index in [0.717, 1.165) is 5.56 Å². The molecule has 166 valence electrons. The molecule has 2 amide bonds. The molecule has 0 spiro atoms. The molecule has 0 aromatic heterocycles. The van der Waals surface area contributed by atoms with Crippen LogP contribution in [0.2, 0.25) is 10.0 Å². The van der Waals surface area contributed by atoms with Crippen LogP contribution in [0.1, 0.15) is 28.8 Å². The Hall–Kier alpha value is -3.35. The predicted molar refractivity (Wildman–Crippen MR) is 124 cm³/mol. The van der Waals surface area contributed by atoms with E-state index in [1.165, 1.54) is 9.80 Å². The average molecular weight is 481 g/mol. The molecule has 33 heavy (non-hydrogen) atoms. The van der Waals surface area contributed by atoms with E-state index in [1.54, 1.807) is 42.5 Å². The van der Waals surface area contributed by atoms with Crippen molar-refractivity contribution >= 4 is 46.7 Å². The Morgan fingerprint density at radius 2 is 1.58 bits per heavy atom. The maximum absolute atomic E-state index is 13.8. The summed E-state index contributed by atoms with van der Waals surface area (Å²) in [5, 5.41) is 0.306. The third kappa shape index (κ3) is 3.37. The van der Waals surface area contributed by atoms with Gasteiger partial charge in [-0.2, -0.15) is 0 Å². The molecule has 1 atom stereocenters. The fraction of sp³-hybridized carbons (Fsp3) is 0.160. The number of nitrogens with zero attached hydrogens (tertiary/aromatic N) is 2. The molecule has 8 heteroatoms. The Balaban J connectivity index is 1.67. The molecular formula is C25H18Cl2N2O4. The highest BCUT2D eigenvalue weighted by molar-refractivity contribution is 6.37. The third-order valence-corrected chi connectivity index (χ3v) is 6.59. The molecule has 0 N–H and O–H groups in total. The maximum atomic E-state index is 13.8. The second-order valence-corrected chi connectivity index (χ2v) is 8.69. The van der Waals surface area contributed by atoms with Crippen molar-refractivity contribution in [1.29, 1.82) is 0 Å². The molecule has 1 fully saturated rings. The number of esters is 1. The van der Waals surface area contributed by atoms with E-state index in [-0.39, 0.29) is 47.0 Å². The van der Waals surface area contributed by atoms with Crippen molar-refractivity contribution in [2.75, 3.05) is 4.90 Å². The van der Waals surface area contributed by atoms with Gasteiger partial charge in [0.25, 0.3) is 5.91 Å². The second-order valence-electron chi connectivity index (χ2n) is 7.88. The minimum absolute atomic E-state index is 0.00882. The van der Waals surface area contributed by atoms with Crippen molar-refractivity contribution in [1.82, 2.24) is 4.90 Å². The Morgan fingerprint density at radius 3 is 2.30 bits per heavy atom. The lowest BCUT2D eigenvalue weighted by Gasteiger charge is -2.48. The van der Waals surface area contributed by atoms with Crippen LogP contribution in [0, 0.1) is 0 Å². The zero-order valence-corrected chi connectivity index (χ0v) is 18.8. The lowest BCUT2D eigenvalue weighted by Crippen LogP contribution is -2.68. The van der Waals surface area contributed by atoms with E-state index in [1.807, 2.05) is 30.3 Å². The summed E-state index contributed by atoms with van der Waals surface area (Å²) in [4.78, 5) is 43.5. The maximum Gasteiger partial charge on any atom is 0.359 e. The minimum Gasteiger partial charge on any atom is -0.420 e. The summed E-state index contributed by atoms with van der Waals surface area (Å²) in [5.41, 5.74) is -0.118. The summed E-state index contributed by atoms with van der Waals surface area (Å²) in [6, 6.07) is 20.8. The Morgan fingerprint density at radius 1 is 0.909 bits per heavy atom. The van der Waals surface area contributed by atoms with E-state index >= 15 is 0 Å². The summed E-state index contributed by atoms with van der Waals surface area (Å²) in [5.74, 6) is -1.43. The molecule has 0 bridgehead atoms. The topological polar surface area (TPSA) is 66.9 Å². The standard InChI is InChI=1S/C25H18Cl2N2O4/c26-18-10-6-11-19(27)22(18)33-24(32)25-14-13-21(30)29(25)20-12-5-4-9-17(20)23(31)28(25)15-16-7-2-1-3-8-16/h1-12H,13-15H2/t25-/m0/s1. The third-order valence-electron chi connectivity index (χ3n) is 6.00. The van der Waals surface area contributed by atoms with Crippen LogP contribution in [-0.4, -0.2) is 28.3 Å². The zero-order valence-electron chi connectivity index (χ0n) is 17.3. The van der Waals surface area contributed by atoms with Gasteiger partial charge < -0.3 is 9.64 Å². The summed E-state index contributed by atoms with van der Waals surface area (Å²) in [7, 11) is 0. The fourth-order valence-electron chi connectivity index (χ4n) is 4.49. The van der Waals surface area contributed by atoms with Gasteiger partial charge in [-0.25, -0.2) is 4.79 Å². The summed E-state index contributed by atoms with van der Waals surface area (Å²) in [6.07, 6.45) is 0.165. The molecule has 3 aromatic carbocycles. The summed E-state index contributed by atoms with van der Waals surface area (Å²) >= 11 is 12.5. The zero-order chi connectivity index (χ0) is 23.2. The van der Waals surface area contributed by atoms with Gasteiger partial charge in [-0.3, -0.25) is 14.5 Å². The highest BCUT2D eigenvalue weighted by atomic mass is 35.5. The average Bonchev–Trinajstić information content (AvgIpc) is 3.18. The SMILES string of the molecule is O=C1c2ccccc2N2C(=O)CC[C@]2(C(=O)Oc2c(Cl)cccc2Cl)N1Cc1ccccc1. The Bertz CT molecular complexity index is 1260. The normalized spacial score (nSPS) is 19.3. The van der Waals surface area contributed by atoms with Crippen molar-refractivity contribution < 1.29 is 19.1 Å². The summed E-state index contributed by atoms with van der Waals surface area (Å²) in [6.45, 7) is 0.114. The minimum atomic E-state index is -1.67. The number of para-hydroxylation sites is 2.